The van der Waals surface area contributed by atoms with E-state index in [4.69, 9.17) is 0 Å². The van der Waals surface area contributed by atoms with Crippen LogP contribution in [0.15, 0.2) is 78.1 Å². The van der Waals surface area contributed by atoms with Gasteiger partial charge >= 0.3 is 0 Å². The van der Waals surface area contributed by atoms with Crippen molar-refractivity contribution in [3.05, 3.63) is 95.8 Å². The number of aromatic nitrogens is 4. The minimum absolute atomic E-state index is 0.0441. The summed E-state index contributed by atoms with van der Waals surface area (Å²) >= 11 is 1.55. The van der Waals surface area contributed by atoms with E-state index in [9.17, 15) is 9.59 Å². The molecule has 9 nitrogen and oxygen atoms in total. The summed E-state index contributed by atoms with van der Waals surface area (Å²) in [6, 6.07) is 19.4. The first-order valence-corrected chi connectivity index (χ1v) is 13.0. The second kappa shape index (κ2) is 9.70. The Labute approximate surface area is 218 Å². The molecule has 6 rings (SSSR count). The summed E-state index contributed by atoms with van der Waals surface area (Å²) in [4.78, 5) is 39.8. The summed E-state index contributed by atoms with van der Waals surface area (Å²) < 4.78 is 1.61. The third-order valence-corrected chi connectivity index (χ3v) is 7.78. The molecule has 4 heterocycles. The molecule has 2 amide bonds. The molecule has 0 aliphatic carbocycles. The Morgan fingerprint density at radius 2 is 1.95 bits per heavy atom. The van der Waals surface area contributed by atoms with Crippen LogP contribution < -0.4 is 15.1 Å². The van der Waals surface area contributed by atoms with Gasteiger partial charge in [-0.3, -0.25) is 14.6 Å². The van der Waals surface area contributed by atoms with Crippen LogP contribution in [-0.4, -0.2) is 50.4 Å². The lowest BCUT2D eigenvalue weighted by molar-refractivity contribution is -0.119. The Balaban J connectivity index is 1.14. The number of fused-ring (bicyclic) bond motifs is 2. The molecule has 2 aromatic carbocycles. The normalized spacial score (nSPS) is 16.8. The van der Waals surface area contributed by atoms with Crippen LogP contribution in [-0.2, 0) is 24.4 Å². The molecule has 37 heavy (non-hydrogen) atoms. The molecule has 0 radical (unpaired) electrons. The van der Waals surface area contributed by atoms with E-state index in [-0.39, 0.29) is 11.7 Å². The van der Waals surface area contributed by atoms with Crippen molar-refractivity contribution >= 4 is 35.0 Å². The van der Waals surface area contributed by atoms with E-state index in [1.807, 2.05) is 54.7 Å². The molecule has 0 spiro atoms. The number of rotatable bonds is 5. The van der Waals surface area contributed by atoms with E-state index >= 15 is 0 Å². The number of nitrogens with one attached hydrogen (secondary N) is 1. The van der Waals surface area contributed by atoms with Gasteiger partial charge in [0.05, 0.1) is 24.5 Å². The van der Waals surface area contributed by atoms with Gasteiger partial charge in [-0.1, -0.05) is 36.4 Å². The highest BCUT2D eigenvalue weighted by Gasteiger charge is 2.31. The van der Waals surface area contributed by atoms with Crippen LogP contribution in [0.3, 0.4) is 0 Å². The molecule has 0 unspecified atom stereocenters. The van der Waals surface area contributed by atoms with Crippen LogP contribution in [0.25, 0.3) is 0 Å². The number of pyridine rings is 1. The Morgan fingerprint density at radius 1 is 1.08 bits per heavy atom. The van der Waals surface area contributed by atoms with Crippen molar-refractivity contribution in [1.82, 2.24) is 25.1 Å². The predicted octanol–water partition coefficient (Wildman–Crippen LogP) is 3.11. The highest BCUT2D eigenvalue weighted by molar-refractivity contribution is 7.99. The Kier molecular flexibility index (Phi) is 6.09. The summed E-state index contributed by atoms with van der Waals surface area (Å²) in [5.41, 5.74) is 5.23. The van der Waals surface area contributed by atoms with E-state index in [1.165, 1.54) is 11.9 Å². The predicted molar refractivity (Wildman–Crippen MR) is 142 cm³/mol. The van der Waals surface area contributed by atoms with Crippen molar-refractivity contribution in [2.24, 2.45) is 0 Å². The van der Waals surface area contributed by atoms with Gasteiger partial charge in [0, 0.05) is 36.1 Å². The maximum absolute atomic E-state index is 13.4. The Bertz CT molecular complexity index is 1450. The smallest absolute Gasteiger partial charge is 0.291 e. The SMILES string of the molecule is CN1C(=O)[C@@H](NC(=O)c2ncn(Cc3ccccc3)n2)CSc2ccc(N3Cc4cccnc4C3)cc21. The quantitative estimate of drug-likeness (QED) is 0.440. The highest BCUT2D eigenvalue weighted by Crippen LogP contribution is 2.38. The Morgan fingerprint density at radius 3 is 2.78 bits per heavy atom. The first-order valence-electron chi connectivity index (χ1n) is 12.0. The summed E-state index contributed by atoms with van der Waals surface area (Å²) in [5.74, 6) is -0.173. The summed E-state index contributed by atoms with van der Waals surface area (Å²) in [7, 11) is 1.75. The van der Waals surface area contributed by atoms with Crippen molar-refractivity contribution in [2.45, 2.75) is 30.6 Å². The molecule has 0 bridgehead atoms. The second-order valence-corrected chi connectivity index (χ2v) is 10.2. The molecule has 186 valence electrons. The van der Waals surface area contributed by atoms with Gasteiger partial charge in [-0.2, -0.15) is 0 Å². The molecule has 0 saturated heterocycles. The number of carbonyl (C=O) groups excluding carboxylic acids is 2. The van der Waals surface area contributed by atoms with E-state index in [0.29, 0.717) is 12.3 Å². The molecule has 1 N–H and O–H groups in total. The lowest BCUT2D eigenvalue weighted by Gasteiger charge is -2.24. The first-order chi connectivity index (χ1) is 18.0. The lowest BCUT2D eigenvalue weighted by atomic mass is 10.2. The number of hydrogen-bond donors (Lipinski definition) is 1. The minimum atomic E-state index is -0.695. The van der Waals surface area contributed by atoms with Crippen molar-refractivity contribution in [3.8, 4) is 0 Å². The molecule has 0 fully saturated rings. The van der Waals surface area contributed by atoms with Crippen LogP contribution in [0, 0.1) is 0 Å². The van der Waals surface area contributed by atoms with Crippen LogP contribution in [0.2, 0.25) is 0 Å². The summed E-state index contributed by atoms with van der Waals surface area (Å²) in [6.07, 6.45) is 3.35. The minimum Gasteiger partial charge on any atom is -0.361 e. The first kappa shape index (κ1) is 23.2. The second-order valence-electron chi connectivity index (χ2n) is 9.10. The number of likely N-dealkylation sites (N-methyl/N-ethyl adjacent to an activating group) is 1. The topological polar surface area (TPSA) is 96.2 Å². The molecule has 2 aliphatic rings. The standard InChI is InChI=1S/C27H25N7O2S/c1-32-23-12-20(33-14-19-8-5-11-28-21(19)15-33)9-10-24(23)37-16-22(27(32)36)30-26(35)25-29-17-34(31-25)13-18-6-3-2-4-7-18/h2-12,17,22H,13-16H2,1H3,(H,30,35)/t22-/m0/s1. The lowest BCUT2D eigenvalue weighted by Crippen LogP contribution is -2.48. The van der Waals surface area contributed by atoms with Crippen molar-refractivity contribution < 1.29 is 9.59 Å². The zero-order chi connectivity index (χ0) is 25.4. The van der Waals surface area contributed by atoms with Crippen molar-refractivity contribution in [2.75, 3.05) is 22.6 Å². The average Bonchev–Trinajstić information content (AvgIpc) is 3.55. The van der Waals surface area contributed by atoms with Crippen molar-refractivity contribution in [3.63, 3.8) is 0 Å². The fourth-order valence-corrected chi connectivity index (χ4v) is 5.72. The van der Waals surface area contributed by atoms with E-state index in [1.54, 1.807) is 28.4 Å². The monoisotopic (exact) mass is 511 g/mol. The molecule has 2 aliphatic heterocycles. The fourth-order valence-electron chi connectivity index (χ4n) is 4.64. The molecule has 0 saturated carbocycles. The Hall–Kier alpha value is -4.18. The zero-order valence-corrected chi connectivity index (χ0v) is 21.1. The molecular formula is C27H25N7O2S. The maximum atomic E-state index is 13.4. The van der Waals surface area contributed by atoms with Crippen molar-refractivity contribution in [1.29, 1.82) is 0 Å². The van der Waals surface area contributed by atoms with Gasteiger partial charge in [0.15, 0.2) is 0 Å². The number of anilines is 2. The van der Waals surface area contributed by atoms with Crippen LogP contribution >= 0.6 is 11.8 Å². The molecular weight excluding hydrogens is 486 g/mol. The molecule has 4 aromatic rings. The van der Waals surface area contributed by atoms with Gasteiger partial charge in [-0.05, 0) is 35.4 Å². The molecule has 2 aromatic heterocycles. The summed E-state index contributed by atoms with van der Waals surface area (Å²) in [6.45, 7) is 2.04. The molecule has 10 heteroatoms. The van der Waals surface area contributed by atoms with E-state index in [0.717, 1.165) is 40.6 Å². The van der Waals surface area contributed by atoms with Gasteiger partial charge in [0.1, 0.15) is 12.4 Å². The highest BCUT2D eigenvalue weighted by atomic mass is 32.2. The maximum Gasteiger partial charge on any atom is 0.291 e. The fraction of sp³-hybridized carbons (Fsp3) is 0.222. The van der Waals surface area contributed by atoms with Crippen LogP contribution in [0.5, 0.6) is 0 Å². The van der Waals surface area contributed by atoms with E-state index < -0.39 is 11.9 Å². The van der Waals surface area contributed by atoms with Gasteiger partial charge in [0.25, 0.3) is 5.91 Å². The average molecular weight is 512 g/mol. The van der Waals surface area contributed by atoms with Gasteiger partial charge in [-0.15, -0.1) is 16.9 Å². The number of thioether (sulfide) groups is 1. The third-order valence-electron chi connectivity index (χ3n) is 6.62. The van der Waals surface area contributed by atoms with Gasteiger partial charge < -0.3 is 15.1 Å². The van der Waals surface area contributed by atoms with Gasteiger partial charge in [0.2, 0.25) is 11.7 Å². The van der Waals surface area contributed by atoms with Gasteiger partial charge in [-0.25, -0.2) is 9.67 Å². The van der Waals surface area contributed by atoms with Crippen LogP contribution in [0.1, 0.15) is 27.4 Å². The summed E-state index contributed by atoms with van der Waals surface area (Å²) in [5, 5.41) is 7.14. The number of benzene rings is 2. The third kappa shape index (κ3) is 4.67. The molecule has 1 atom stereocenters. The number of hydrogen-bond acceptors (Lipinski definition) is 7. The van der Waals surface area contributed by atoms with Crippen LogP contribution in [0.4, 0.5) is 11.4 Å². The number of carbonyl (C=O) groups is 2. The van der Waals surface area contributed by atoms with E-state index in [2.05, 4.69) is 37.4 Å². The number of amides is 2. The largest absolute Gasteiger partial charge is 0.361 e. The zero-order valence-electron chi connectivity index (χ0n) is 20.2. The number of nitrogens with zero attached hydrogens (tertiary/aromatic N) is 6.